The maximum Gasteiger partial charge on any atom is 0.346 e. The average molecular weight is 477 g/mol. The summed E-state index contributed by atoms with van der Waals surface area (Å²) in [4.78, 5) is 29.6. The predicted octanol–water partition coefficient (Wildman–Crippen LogP) is 1.78. The molecule has 3 aromatic rings. The van der Waals surface area contributed by atoms with E-state index in [2.05, 4.69) is 15.4 Å². The van der Waals surface area contributed by atoms with Crippen molar-refractivity contribution in [3.8, 4) is 11.3 Å². The monoisotopic (exact) mass is 476 g/mol. The maximum absolute atomic E-state index is 12.5. The molecule has 1 aliphatic heterocycles. The number of hydrogen-bond donors (Lipinski definition) is 1. The molecular formula is C20H24N6O4S2. The number of fused-ring (bicyclic) bond motifs is 1. The van der Waals surface area contributed by atoms with Crippen LogP contribution in [-0.2, 0) is 34.3 Å². The van der Waals surface area contributed by atoms with Gasteiger partial charge >= 0.3 is 5.69 Å². The van der Waals surface area contributed by atoms with Gasteiger partial charge in [0, 0.05) is 38.0 Å². The lowest BCUT2D eigenvalue weighted by Crippen LogP contribution is -2.30. The number of carbonyl (C=O) groups excluding carboxylic acids is 1. The largest absolute Gasteiger partial charge is 0.346 e. The van der Waals surface area contributed by atoms with E-state index in [1.54, 1.807) is 22.1 Å². The van der Waals surface area contributed by atoms with Gasteiger partial charge in [-0.1, -0.05) is 18.6 Å². The van der Waals surface area contributed by atoms with Gasteiger partial charge in [-0.05, 0) is 25.0 Å². The summed E-state index contributed by atoms with van der Waals surface area (Å²) in [5.41, 5.74) is 1.09. The molecule has 0 spiro atoms. The first-order valence-corrected chi connectivity index (χ1v) is 12.5. The fourth-order valence-corrected chi connectivity index (χ4v) is 5.13. The molecule has 0 aliphatic carbocycles. The Labute approximate surface area is 189 Å². The molecule has 32 heavy (non-hydrogen) atoms. The minimum Gasteiger partial charge on any atom is -0.300 e. The van der Waals surface area contributed by atoms with E-state index in [0.717, 1.165) is 41.4 Å². The molecule has 4 rings (SSSR count). The Hall–Kier alpha value is -2.83. The normalized spacial score (nSPS) is 14.2. The zero-order chi connectivity index (χ0) is 22.9. The van der Waals surface area contributed by atoms with Crippen LogP contribution in [0.3, 0.4) is 0 Å². The predicted molar refractivity (Wildman–Crippen MR) is 121 cm³/mol. The number of carbonyl (C=O) groups is 1. The first-order chi connectivity index (χ1) is 15.3. The zero-order valence-electron chi connectivity index (χ0n) is 17.8. The van der Waals surface area contributed by atoms with Crippen LogP contribution >= 0.6 is 11.3 Å². The summed E-state index contributed by atoms with van der Waals surface area (Å²) in [5, 5.41) is 9.20. The van der Waals surface area contributed by atoms with Crippen LogP contribution in [0.2, 0.25) is 0 Å². The minimum absolute atomic E-state index is 0.176. The number of nitrogens with one attached hydrogen (secondary N) is 1. The highest BCUT2D eigenvalue weighted by molar-refractivity contribution is 7.89. The summed E-state index contributed by atoms with van der Waals surface area (Å²) in [6.07, 6.45) is 3.75. The molecule has 0 unspecified atom stereocenters. The third kappa shape index (κ3) is 4.52. The first-order valence-electron chi connectivity index (χ1n) is 10.2. The van der Waals surface area contributed by atoms with Crippen molar-refractivity contribution >= 4 is 32.4 Å². The number of aromatic nitrogens is 4. The van der Waals surface area contributed by atoms with E-state index in [4.69, 9.17) is 0 Å². The summed E-state index contributed by atoms with van der Waals surface area (Å²) in [6, 6.07) is 6.40. The van der Waals surface area contributed by atoms with Crippen LogP contribution in [-0.4, -0.2) is 52.1 Å². The highest BCUT2D eigenvalue weighted by Crippen LogP contribution is 2.26. The topological polar surface area (TPSA) is 119 Å². The summed E-state index contributed by atoms with van der Waals surface area (Å²) in [5.74, 6) is 0.352. The SMILES string of the molecule is CN(C)S(=O)(=O)c1ccc(-c2csc(NC(=O)Cn3nc4n(c3=O)CCCCC4)n2)cc1. The molecular weight excluding hydrogens is 452 g/mol. The molecule has 1 amide bonds. The molecule has 0 saturated heterocycles. The van der Waals surface area contributed by atoms with Gasteiger partial charge in [0.1, 0.15) is 12.4 Å². The smallest absolute Gasteiger partial charge is 0.300 e. The van der Waals surface area contributed by atoms with Crippen molar-refractivity contribution in [3.05, 3.63) is 46.0 Å². The molecule has 1 N–H and O–H groups in total. The number of amides is 1. The fraction of sp³-hybridized carbons (Fsp3) is 0.400. The van der Waals surface area contributed by atoms with Crippen LogP contribution in [0.4, 0.5) is 5.13 Å². The van der Waals surface area contributed by atoms with E-state index in [1.807, 2.05) is 0 Å². The van der Waals surface area contributed by atoms with Crippen LogP contribution in [0, 0.1) is 0 Å². The molecule has 1 aromatic carbocycles. The van der Waals surface area contributed by atoms with Gasteiger partial charge in [0.15, 0.2) is 5.13 Å². The number of thiazole rings is 1. The third-order valence-electron chi connectivity index (χ3n) is 5.25. The van der Waals surface area contributed by atoms with E-state index in [1.165, 1.54) is 42.2 Å². The highest BCUT2D eigenvalue weighted by atomic mass is 32.2. The van der Waals surface area contributed by atoms with E-state index < -0.39 is 10.0 Å². The lowest BCUT2D eigenvalue weighted by Gasteiger charge is -2.11. The summed E-state index contributed by atoms with van der Waals surface area (Å²) in [6.45, 7) is 0.463. The van der Waals surface area contributed by atoms with Gasteiger partial charge in [0.25, 0.3) is 0 Å². The standard InChI is InChI=1S/C20H24N6O4S2/c1-24(2)32(29,30)15-9-7-14(8-10-15)16-13-31-19(21-16)22-18(27)12-26-20(28)25-11-5-3-4-6-17(25)23-26/h7-10,13H,3-6,11-12H2,1-2H3,(H,21,22,27). The molecule has 0 fully saturated rings. The molecule has 170 valence electrons. The summed E-state index contributed by atoms with van der Waals surface area (Å²) >= 11 is 1.25. The molecule has 0 radical (unpaired) electrons. The van der Waals surface area contributed by atoms with Crippen molar-refractivity contribution in [3.63, 3.8) is 0 Å². The third-order valence-corrected chi connectivity index (χ3v) is 7.84. The van der Waals surface area contributed by atoms with Gasteiger partial charge < -0.3 is 5.32 Å². The molecule has 12 heteroatoms. The Morgan fingerprint density at radius 3 is 2.66 bits per heavy atom. The van der Waals surface area contributed by atoms with Crippen LogP contribution in [0.25, 0.3) is 11.3 Å². The fourth-order valence-electron chi connectivity index (χ4n) is 3.50. The van der Waals surface area contributed by atoms with E-state index in [9.17, 15) is 18.0 Å². The zero-order valence-corrected chi connectivity index (χ0v) is 19.4. The number of sulfonamides is 1. The Balaban J connectivity index is 1.44. The second kappa shape index (κ2) is 8.96. The van der Waals surface area contributed by atoms with Gasteiger partial charge in [-0.25, -0.2) is 27.2 Å². The number of aryl methyl sites for hydroxylation is 1. The van der Waals surface area contributed by atoms with Crippen LogP contribution in [0.1, 0.15) is 25.1 Å². The van der Waals surface area contributed by atoms with E-state index in [0.29, 0.717) is 17.4 Å². The van der Waals surface area contributed by atoms with E-state index in [-0.39, 0.29) is 23.0 Å². The molecule has 3 heterocycles. The van der Waals surface area contributed by atoms with Crippen molar-refractivity contribution in [1.82, 2.24) is 23.6 Å². The molecule has 10 nitrogen and oxygen atoms in total. The van der Waals surface area contributed by atoms with Crippen molar-refractivity contribution in [2.75, 3.05) is 19.4 Å². The Bertz CT molecular complexity index is 1290. The molecule has 2 aromatic heterocycles. The van der Waals surface area contributed by atoms with Crippen LogP contribution in [0.5, 0.6) is 0 Å². The van der Waals surface area contributed by atoms with Gasteiger partial charge in [-0.15, -0.1) is 11.3 Å². The Kier molecular flexibility index (Phi) is 6.26. The molecule has 1 aliphatic rings. The van der Waals surface area contributed by atoms with Crippen molar-refractivity contribution in [2.24, 2.45) is 0 Å². The minimum atomic E-state index is -3.50. The highest BCUT2D eigenvalue weighted by Gasteiger charge is 2.19. The Morgan fingerprint density at radius 2 is 1.94 bits per heavy atom. The number of benzene rings is 1. The maximum atomic E-state index is 12.5. The lowest BCUT2D eigenvalue weighted by molar-refractivity contribution is -0.117. The van der Waals surface area contributed by atoms with Crippen molar-refractivity contribution in [2.45, 2.75) is 43.7 Å². The molecule has 0 atom stereocenters. The number of nitrogens with zero attached hydrogens (tertiary/aromatic N) is 5. The lowest BCUT2D eigenvalue weighted by atomic mass is 10.2. The molecule has 0 bridgehead atoms. The Morgan fingerprint density at radius 1 is 1.19 bits per heavy atom. The first kappa shape index (κ1) is 22.4. The summed E-state index contributed by atoms with van der Waals surface area (Å²) in [7, 11) is -0.542. The van der Waals surface area contributed by atoms with Gasteiger partial charge in [-0.3, -0.25) is 9.36 Å². The molecule has 0 saturated carbocycles. The van der Waals surface area contributed by atoms with Gasteiger partial charge in [-0.2, -0.15) is 5.10 Å². The van der Waals surface area contributed by atoms with E-state index >= 15 is 0 Å². The van der Waals surface area contributed by atoms with Crippen molar-refractivity contribution in [1.29, 1.82) is 0 Å². The number of hydrogen-bond acceptors (Lipinski definition) is 7. The average Bonchev–Trinajstić information content (AvgIpc) is 3.24. The number of rotatable bonds is 6. The van der Waals surface area contributed by atoms with Gasteiger partial charge in [0.2, 0.25) is 15.9 Å². The van der Waals surface area contributed by atoms with Crippen LogP contribution < -0.4 is 11.0 Å². The van der Waals surface area contributed by atoms with Crippen molar-refractivity contribution < 1.29 is 13.2 Å². The van der Waals surface area contributed by atoms with Gasteiger partial charge in [0.05, 0.1) is 10.6 Å². The quantitative estimate of drug-likeness (QED) is 0.579. The summed E-state index contributed by atoms with van der Waals surface area (Å²) < 4.78 is 28.4. The second-order valence-corrected chi connectivity index (χ2v) is 10.7. The number of anilines is 1. The second-order valence-electron chi connectivity index (χ2n) is 7.72. The van der Waals surface area contributed by atoms with Crippen LogP contribution in [0.15, 0.2) is 39.3 Å².